The lowest BCUT2D eigenvalue weighted by Crippen LogP contribution is -2.28. The standard InChI is InChI=1S/C21H23N3O2/c1-3-24-20(21(25)22-13-12-16-8-5-4-6-9-16)15-19(23-24)17-10-7-11-18(14-17)26-2/h4-11,14-15H,3,12-13H2,1-2H3,(H,22,25). The average Bonchev–Trinajstić information content (AvgIpc) is 3.13. The van der Waals surface area contributed by atoms with Crippen LogP contribution in [-0.2, 0) is 13.0 Å². The number of ether oxygens (including phenoxy) is 1. The van der Waals surface area contributed by atoms with Crippen LogP contribution in [0, 0.1) is 0 Å². The van der Waals surface area contributed by atoms with Crippen LogP contribution in [0.25, 0.3) is 11.3 Å². The third-order valence-corrected chi connectivity index (χ3v) is 4.22. The molecule has 0 saturated heterocycles. The molecule has 0 aliphatic heterocycles. The SMILES string of the molecule is CCn1nc(-c2cccc(OC)c2)cc1C(=O)NCCc1ccccc1. The van der Waals surface area contributed by atoms with Crippen molar-refractivity contribution in [3.63, 3.8) is 0 Å². The molecule has 0 spiro atoms. The number of nitrogens with zero attached hydrogens (tertiary/aromatic N) is 2. The molecule has 1 N–H and O–H groups in total. The van der Waals surface area contributed by atoms with Gasteiger partial charge >= 0.3 is 0 Å². The van der Waals surface area contributed by atoms with E-state index < -0.39 is 0 Å². The van der Waals surface area contributed by atoms with Gasteiger partial charge in [-0.1, -0.05) is 42.5 Å². The normalized spacial score (nSPS) is 10.5. The fraction of sp³-hybridized carbons (Fsp3) is 0.238. The lowest BCUT2D eigenvalue weighted by atomic mass is 10.1. The van der Waals surface area contributed by atoms with Gasteiger partial charge in [0.15, 0.2) is 0 Å². The predicted octanol–water partition coefficient (Wildman–Crippen LogP) is 3.55. The molecule has 0 bridgehead atoms. The van der Waals surface area contributed by atoms with E-state index in [1.54, 1.807) is 11.8 Å². The van der Waals surface area contributed by atoms with Crippen LogP contribution in [0.15, 0.2) is 60.7 Å². The highest BCUT2D eigenvalue weighted by molar-refractivity contribution is 5.93. The number of rotatable bonds is 7. The lowest BCUT2D eigenvalue weighted by Gasteiger charge is -2.06. The maximum absolute atomic E-state index is 12.6. The zero-order valence-corrected chi connectivity index (χ0v) is 15.1. The summed E-state index contributed by atoms with van der Waals surface area (Å²) in [6.07, 6.45) is 0.801. The molecular weight excluding hydrogens is 326 g/mol. The van der Waals surface area contributed by atoms with E-state index in [0.717, 1.165) is 23.4 Å². The number of hydrogen-bond acceptors (Lipinski definition) is 3. The van der Waals surface area contributed by atoms with Crippen molar-refractivity contribution in [2.24, 2.45) is 0 Å². The number of aromatic nitrogens is 2. The highest BCUT2D eigenvalue weighted by Gasteiger charge is 2.15. The minimum absolute atomic E-state index is 0.107. The molecule has 1 amide bonds. The second kappa shape index (κ2) is 8.34. The van der Waals surface area contributed by atoms with Crippen molar-refractivity contribution in [3.05, 3.63) is 71.9 Å². The number of hydrogen-bond donors (Lipinski definition) is 1. The summed E-state index contributed by atoms with van der Waals surface area (Å²) < 4.78 is 7.00. The van der Waals surface area contributed by atoms with Crippen molar-refractivity contribution in [3.8, 4) is 17.0 Å². The monoisotopic (exact) mass is 349 g/mol. The smallest absolute Gasteiger partial charge is 0.269 e. The van der Waals surface area contributed by atoms with Gasteiger partial charge in [0.25, 0.3) is 5.91 Å². The molecule has 0 fully saturated rings. The van der Waals surface area contributed by atoms with E-state index in [1.165, 1.54) is 5.56 Å². The molecule has 3 rings (SSSR count). The summed E-state index contributed by atoms with van der Waals surface area (Å²) >= 11 is 0. The van der Waals surface area contributed by atoms with Crippen molar-refractivity contribution >= 4 is 5.91 Å². The quantitative estimate of drug-likeness (QED) is 0.710. The topological polar surface area (TPSA) is 56.2 Å². The van der Waals surface area contributed by atoms with Gasteiger partial charge in [-0.15, -0.1) is 0 Å². The third-order valence-electron chi connectivity index (χ3n) is 4.22. The van der Waals surface area contributed by atoms with Crippen LogP contribution >= 0.6 is 0 Å². The van der Waals surface area contributed by atoms with Crippen LogP contribution in [0.3, 0.4) is 0 Å². The summed E-state index contributed by atoms with van der Waals surface area (Å²) in [5, 5.41) is 7.55. The Morgan fingerprint density at radius 3 is 2.65 bits per heavy atom. The molecular formula is C21H23N3O2. The zero-order valence-electron chi connectivity index (χ0n) is 15.1. The van der Waals surface area contributed by atoms with Crippen LogP contribution < -0.4 is 10.1 Å². The van der Waals surface area contributed by atoms with Crippen LogP contribution in [-0.4, -0.2) is 29.3 Å². The van der Waals surface area contributed by atoms with Crippen molar-refractivity contribution in [1.29, 1.82) is 0 Å². The molecule has 3 aromatic rings. The first kappa shape index (κ1) is 17.7. The molecule has 1 heterocycles. The third kappa shape index (κ3) is 4.11. The average molecular weight is 349 g/mol. The number of benzene rings is 2. The molecule has 5 heteroatoms. The predicted molar refractivity (Wildman–Crippen MR) is 102 cm³/mol. The fourth-order valence-electron chi connectivity index (χ4n) is 2.82. The molecule has 5 nitrogen and oxygen atoms in total. The number of carbonyl (C=O) groups excluding carboxylic acids is 1. The van der Waals surface area contributed by atoms with Crippen molar-refractivity contribution < 1.29 is 9.53 Å². The van der Waals surface area contributed by atoms with Gasteiger partial charge in [0.05, 0.1) is 12.8 Å². The van der Waals surface area contributed by atoms with E-state index >= 15 is 0 Å². The minimum Gasteiger partial charge on any atom is -0.497 e. The summed E-state index contributed by atoms with van der Waals surface area (Å²) in [6.45, 7) is 3.20. The van der Waals surface area contributed by atoms with Gasteiger partial charge < -0.3 is 10.1 Å². The first-order valence-electron chi connectivity index (χ1n) is 8.75. The fourth-order valence-corrected chi connectivity index (χ4v) is 2.82. The largest absolute Gasteiger partial charge is 0.497 e. The molecule has 1 aromatic heterocycles. The summed E-state index contributed by atoms with van der Waals surface area (Å²) in [6, 6.07) is 19.6. The van der Waals surface area contributed by atoms with Gasteiger partial charge in [0, 0.05) is 18.7 Å². The van der Waals surface area contributed by atoms with Gasteiger partial charge in [-0.05, 0) is 37.1 Å². The Bertz CT molecular complexity index is 872. The maximum Gasteiger partial charge on any atom is 0.269 e. The van der Waals surface area contributed by atoms with E-state index in [9.17, 15) is 4.79 Å². The zero-order chi connectivity index (χ0) is 18.4. The highest BCUT2D eigenvalue weighted by Crippen LogP contribution is 2.23. The maximum atomic E-state index is 12.6. The van der Waals surface area contributed by atoms with E-state index in [1.807, 2.05) is 55.5 Å². The lowest BCUT2D eigenvalue weighted by molar-refractivity contribution is 0.0943. The first-order valence-corrected chi connectivity index (χ1v) is 8.75. The van der Waals surface area contributed by atoms with E-state index in [4.69, 9.17) is 4.74 Å². The Kier molecular flexibility index (Phi) is 5.69. The summed E-state index contributed by atoms with van der Waals surface area (Å²) in [5.41, 5.74) is 3.46. The van der Waals surface area contributed by atoms with Crippen LogP contribution in [0.5, 0.6) is 5.75 Å². The van der Waals surface area contributed by atoms with E-state index in [-0.39, 0.29) is 5.91 Å². The Morgan fingerprint density at radius 1 is 1.12 bits per heavy atom. The highest BCUT2D eigenvalue weighted by atomic mass is 16.5. The molecule has 0 unspecified atom stereocenters. The van der Waals surface area contributed by atoms with Crippen LogP contribution in [0.4, 0.5) is 0 Å². The van der Waals surface area contributed by atoms with Crippen molar-refractivity contribution in [2.75, 3.05) is 13.7 Å². The van der Waals surface area contributed by atoms with E-state index in [0.29, 0.717) is 18.8 Å². The number of amides is 1. The van der Waals surface area contributed by atoms with Gasteiger partial charge in [-0.3, -0.25) is 9.48 Å². The van der Waals surface area contributed by atoms with Gasteiger partial charge in [0.2, 0.25) is 0 Å². The van der Waals surface area contributed by atoms with Gasteiger partial charge in [-0.25, -0.2) is 0 Å². The van der Waals surface area contributed by atoms with Crippen molar-refractivity contribution in [2.45, 2.75) is 19.9 Å². The molecule has 26 heavy (non-hydrogen) atoms. The summed E-state index contributed by atoms with van der Waals surface area (Å²) in [7, 11) is 1.63. The number of nitrogens with one attached hydrogen (secondary N) is 1. The van der Waals surface area contributed by atoms with Crippen LogP contribution in [0.2, 0.25) is 0 Å². The number of methoxy groups -OCH3 is 1. The summed E-state index contributed by atoms with van der Waals surface area (Å²) in [4.78, 5) is 12.6. The Balaban J connectivity index is 1.72. The number of aryl methyl sites for hydroxylation is 1. The number of carbonyl (C=O) groups is 1. The molecule has 0 atom stereocenters. The van der Waals surface area contributed by atoms with E-state index in [2.05, 4.69) is 22.5 Å². The molecule has 0 radical (unpaired) electrons. The molecule has 2 aromatic carbocycles. The second-order valence-corrected chi connectivity index (χ2v) is 5.95. The Morgan fingerprint density at radius 2 is 1.92 bits per heavy atom. The minimum atomic E-state index is -0.107. The molecule has 0 aliphatic rings. The molecule has 0 aliphatic carbocycles. The first-order chi connectivity index (χ1) is 12.7. The summed E-state index contributed by atoms with van der Waals surface area (Å²) in [5.74, 6) is 0.659. The van der Waals surface area contributed by atoms with Crippen molar-refractivity contribution in [1.82, 2.24) is 15.1 Å². The Hall–Kier alpha value is -3.08. The molecule has 134 valence electrons. The van der Waals surface area contributed by atoms with Crippen LogP contribution in [0.1, 0.15) is 23.0 Å². The molecule has 0 saturated carbocycles. The Labute approximate surface area is 153 Å². The second-order valence-electron chi connectivity index (χ2n) is 5.95. The van der Waals surface area contributed by atoms with Gasteiger partial charge in [0.1, 0.15) is 11.4 Å². The van der Waals surface area contributed by atoms with Gasteiger partial charge in [-0.2, -0.15) is 5.10 Å².